The van der Waals surface area contributed by atoms with Crippen LogP contribution in [0.2, 0.25) is 0 Å². The van der Waals surface area contributed by atoms with Gasteiger partial charge in [0.25, 0.3) is 0 Å². The Balaban J connectivity index is 1.49. The standard InChI is InChI=1S/C21H18F2N6O/c1-11-18-12(5-16(25-11)29-7-21(8-29)9-30-10-21)19-15(6-24-28-19)26-20(27-18)17-13(22)3-2-4-14(17)23/h2-6H,7-10H2,1H3,(H,24,28)(H,26,27). The monoisotopic (exact) mass is 408 g/mol. The maximum Gasteiger partial charge on any atom is 0.144 e. The molecular weight excluding hydrogens is 390 g/mol. The maximum atomic E-state index is 14.5. The molecule has 0 amide bonds. The van der Waals surface area contributed by atoms with Gasteiger partial charge in [-0.3, -0.25) is 5.10 Å². The van der Waals surface area contributed by atoms with Crippen molar-refractivity contribution in [3.8, 4) is 11.3 Å². The van der Waals surface area contributed by atoms with Gasteiger partial charge in [0, 0.05) is 18.7 Å². The molecule has 6 rings (SSSR count). The van der Waals surface area contributed by atoms with Crippen LogP contribution in [0.3, 0.4) is 0 Å². The summed E-state index contributed by atoms with van der Waals surface area (Å²) in [5, 5.41) is 10.1. The highest BCUT2D eigenvalue weighted by Gasteiger charge is 2.49. The number of nitrogens with zero attached hydrogens (tertiary/aromatic N) is 4. The molecule has 7 nitrogen and oxygen atoms in total. The first-order chi connectivity index (χ1) is 14.5. The lowest BCUT2D eigenvalue weighted by atomic mass is 9.78. The Labute approximate surface area is 170 Å². The molecule has 2 fully saturated rings. The summed E-state index contributed by atoms with van der Waals surface area (Å²) in [6.45, 7) is 5.25. The number of pyridine rings is 1. The van der Waals surface area contributed by atoms with Crippen molar-refractivity contribution in [1.82, 2.24) is 15.2 Å². The highest BCUT2D eigenvalue weighted by Crippen LogP contribution is 2.44. The lowest BCUT2D eigenvalue weighted by Gasteiger charge is -2.55. The van der Waals surface area contributed by atoms with Gasteiger partial charge in [-0.05, 0) is 25.1 Å². The predicted octanol–water partition coefficient (Wildman–Crippen LogP) is 3.40. The molecule has 0 saturated carbocycles. The maximum absolute atomic E-state index is 14.5. The SMILES string of the molecule is Cc1nc(N2CC3(COC3)C2)cc2c1N=C(c1c(F)cccc1F)Nc1cn[nH]c1-2. The van der Waals surface area contributed by atoms with Crippen molar-refractivity contribution in [3.63, 3.8) is 0 Å². The van der Waals surface area contributed by atoms with Crippen molar-refractivity contribution in [3.05, 3.63) is 53.4 Å². The van der Waals surface area contributed by atoms with Gasteiger partial charge in [0.2, 0.25) is 0 Å². The molecular formula is C21H18F2N6O. The number of fused-ring (bicyclic) bond motifs is 3. The second-order valence-electron chi connectivity index (χ2n) is 8.15. The third-order valence-corrected chi connectivity index (χ3v) is 5.93. The second-order valence-corrected chi connectivity index (χ2v) is 8.15. The average Bonchev–Trinajstić information content (AvgIpc) is 3.03. The largest absolute Gasteiger partial charge is 0.380 e. The first-order valence-corrected chi connectivity index (χ1v) is 9.71. The third kappa shape index (κ3) is 2.48. The molecule has 2 saturated heterocycles. The van der Waals surface area contributed by atoms with Crippen molar-refractivity contribution in [2.45, 2.75) is 6.92 Å². The Morgan fingerprint density at radius 1 is 1.17 bits per heavy atom. The van der Waals surface area contributed by atoms with Gasteiger partial charge in [-0.15, -0.1) is 0 Å². The molecule has 3 aliphatic rings. The van der Waals surface area contributed by atoms with Gasteiger partial charge in [0.1, 0.15) is 23.3 Å². The van der Waals surface area contributed by atoms with Gasteiger partial charge in [-0.25, -0.2) is 18.8 Å². The van der Waals surface area contributed by atoms with Crippen molar-refractivity contribution < 1.29 is 13.5 Å². The van der Waals surface area contributed by atoms with Gasteiger partial charge in [0.15, 0.2) is 0 Å². The Morgan fingerprint density at radius 2 is 1.93 bits per heavy atom. The van der Waals surface area contributed by atoms with E-state index < -0.39 is 11.6 Å². The van der Waals surface area contributed by atoms with E-state index in [2.05, 4.69) is 25.4 Å². The number of aliphatic imine (C=N–C) groups is 1. The fourth-order valence-corrected chi connectivity index (χ4v) is 4.34. The highest BCUT2D eigenvalue weighted by atomic mass is 19.1. The van der Waals surface area contributed by atoms with Crippen molar-refractivity contribution in [2.75, 3.05) is 36.5 Å². The first-order valence-electron chi connectivity index (χ1n) is 9.71. The summed E-state index contributed by atoms with van der Waals surface area (Å²) >= 11 is 0. The van der Waals surface area contributed by atoms with Gasteiger partial charge in [-0.1, -0.05) is 6.07 Å². The number of aromatic nitrogens is 3. The van der Waals surface area contributed by atoms with Crippen LogP contribution >= 0.6 is 0 Å². The molecule has 2 N–H and O–H groups in total. The van der Waals surface area contributed by atoms with Crippen LogP contribution in [0, 0.1) is 24.0 Å². The quantitative estimate of drug-likeness (QED) is 0.680. The summed E-state index contributed by atoms with van der Waals surface area (Å²) in [5.74, 6) is -0.449. The van der Waals surface area contributed by atoms with E-state index in [1.165, 1.54) is 18.2 Å². The predicted molar refractivity (Wildman–Crippen MR) is 108 cm³/mol. The van der Waals surface area contributed by atoms with Crippen LogP contribution in [-0.4, -0.2) is 47.3 Å². The van der Waals surface area contributed by atoms with Crippen molar-refractivity contribution in [2.24, 2.45) is 10.4 Å². The minimum Gasteiger partial charge on any atom is -0.380 e. The molecule has 0 radical (unpaired) electrons. The van der Waals surface area contributed by atoms with E-state index in [1.54, 1.807) is 6.20 Å². The number of H-pyrrole nitrogens is 1. The number of rotatable bonds is 2. The smallest absolute Gasteiger partial charge is 0.144 e. The van der Waals surface area contributed by atoms with E-state index in [-0.39, 0.29) is 16.8 Å². The summed E-state index contributed by atoms with van der Waals surface area (Å²) in [6.07, 6.45) is 1.58. The molecule has 0 atom stereocenters. The topological polar surface area (TPSA) is 78.4 Å². The summed E-state index contributed by atoms with van der Waals surface area (Å²) < 4.78 is 34.3. The van der Waals surface area contributed by atoms with Crippen molar-refractivity contribution >= 4 is 23.0 Å². The van der Waals surface area contributed by atoms with E-state index in [1.807, 2.05) is 13.0 Å². The zero-order chi connectivity index (χ0) is 20.5. The number of benzene rings is 1. The van der Waals surface area contributed by atoms with E-state index in [9.17, 15) is 8.78 Å². The molecule has 152 valence electrons. The van der Waals surface area contributed by atoms with Crippen LogP contribution in [0.1, 0.15) is 11.3 Å². The molecule has 3 aliphatic heterocycles. The number of ether oxygens (including phenoxy) is 1. The van der Waals surface area contributed by atoms with E-state index in [0.29, 0.717) is 22.8 Å². The van der Waals surface area contributed by atoms with Gasteiger partial charge < -0.3 is 15.0 Å². The van der Waals surface area contributed by atoms with Crippen molar-refractivity contribution in [1.29, 1.82) is 0 Å². The molecule has 1 spiro atoms. The van der Waals surface area contributed by atoms with E-state index in [4.69, 9.17) is 9.72 Å². The number of anilines is 2. The third-order valence-electron chi connectivity index (χ3n) is 5.93. The molecule has 1 aromatic carbocycles. The van der Waals surface area contributed by atoms with Crippen LogP contribution in [0.25, 0.3) is 11.3 Å². The minimum absolute atomic E-state index is 0.0826. The molecule has 30 heavy (non-hydrogen) atoms. The normalized spacial score (nSPS) is 18.5. The molecule has 0 unspecified atom stereocenters. The second kappa shape index (κ2) is 6.09. The average molecular weight is 408 g/mol. The van der Waals surface area contributed by atoms with Crippen LogP contribution in [0.5, 0.6) is 0 Å². The summed E-state index contributed by atoms with van der Waals surface area (Å²) in [6, 6.07) is 5.71. The van der Waals surface area contributed by atoms with Gasteiger partial charge >= 0.3 is 0 Å². The zero-order valence-electron chi connectivity index (χ0n) is 16.2. The summed E-state index contributed by atoms with van der Waals surface area (Å²) in [4.78, 5) is 11.5. The molecule has 9 heteroatoms. The van der Waals surface area contributed by atoms with E-state index in [0.717, 1.165) is 37.7 Å². The summed E-state index contributed by atoms with van der Waals surface area (Å²) in [7, 11) is 0. The zero-order valence-corrected chi connectivity index (χ0v) is 16.2. The number of hydrogen-bond acceptors (Lipinski definition) is 6. The van der Waals surface area contributed by atoms with Crippen LogP contribution in [0.4, 0.5) is 26.0 Å². The molecule has 0 bridgehead atoms. The molecule has 0 aliphatic carbocycles. The number of hydrogen-bond donors (Lipinski definition) is 2. The van der Waals surface area contributed by atoms with Crippen LogP contribution < -0.4 is 10.2 Å². The summed E-state index contributed by atoms with van der Waals surface area (Å²) in [5.41, 5.74) is 3.36. The first kappa shape index (κ1) is 17.5. The number of nitrogens with one attached hydrogen (secondary N) is 2. The molecule has 5 heterocycles. The molecule has 2 aromatic heterocycles. The van der Waals surface area contributed by atoms with Gasteiger partial charge in [0.05, 0.1) is 53.2 Å². The van der Waals surface area contributed by atoms with Crippen LogP contribution in [0.15, 0.2) is 35.5 Å². The Kier molecular flexibility index (Phi) is 3.55. The lowest BCUT2D eigenvalue weighted by Crippen LogP contribution is -2.66. The number of amidine groups is 1. The number of aryl methyl sites for hydroxylation is 1. The fourth-order valence-electron chi connectivity index (χ4n) is 4.34. The van der Waals surface area contributed by atoms with Gasteiger partial charge in [-0.2, -0.15) is 5.10 Å². The van der Waals surface area contributed by atoms with Crippen LogP contribution in [-0.2, 0) is 4.74 Å². The van der Waals surface area contributed by atoms with E-state index >= 15 is 0 Å². The highest BCUT2D eigenvalue weighted by molar-refractivity contribution is 6.13. The Hall–Kier alpha value is -3.33. The minimum atomic E-state index is -0.689. The Bertz CT molecular complexity index is 1190. The number of halogens is 2. The lowest BCUT2D eigenvalue weighted by molar-refractivity contribution is -0.127. The fraction of sp³-hybridized carbons (Fsp3) is 0.286. The number of aromatic amines is 1. The Morgan fingerprint density at radius 3 is 2.63 bits per heavy atom. The molecule has 3 aromatic rings.